The number of esters is 1. The van der Waals surface area contributed by atoms with Crippen molar-refractivity contribution >= 4 is 17.8 Å². The van der Waals surface area contributed by atoms with Gasteiger partial charge in [0.25, 0.3) is 11.8 Å². The zero-order valence-electron chi connectivity index (χ0n) is 43.8. The largest absolute Gasteiger partial charge is 0.462 e. The highest BCUT2D eigenvalue weighted by atomic mass is 16.8. The maximum absolute atomic E-state index is 14.4. The fourth-order valence-electron chi connectivity index (χ4n) is 12.1. The normalized spacial score (nSPS) is 42.5. The maximum Gasteiger partial charge on any atom is 0.316 e. The van der Waals surface area contributed by atoms with Gasteiger partial charge in [-0.25, -0.2) is 0 Å². The molecule has 1 spiro atoms. The van der Waals surface area contributed by atoms with Crippen LogP contribution in [0.15, 0.2) is 83.5 Å². The number of imide groups is 1. The van der Waals surface area contributed by atoms with E-state index in [1.807, 2.05) is 39.0 Å². The van der Waals surface area contributed by atoms with Gasteiger partial charge < -0.3 is 57.6 Å². The van der Waals surface area contributed by atoms with Crippen LogP contribution >= 0.6 is 0 Å². The number of carbonyl (C=O) groups excluding carboxylic acids is 3. The van der Waals surface area contributed by atoms with Crippen molar-refractivity contribution in [1.29, 1.82) is 0 Å². The minimum atomic E-state index is -1.87. The summed E-state index contributed by atoms with van der Waals surface area (Å²) in [6, 6.07) is 6.59. The first-order valence-electron chi connectivity index (χ1n) is 26.2. The molecule has 73 heavy (non-hydrogen) atoms. The van der Waals surface area contributed by atoms with Gasteiger partial charge >= 0.3 is 5.97 Å². The number of amides is 2. The van der Waals surface area contributed by atoms with Crippen molar-refractivity contribution in [2.75, 3.05) is 20.8 Å². The van der Waals surface area contributed by atoms with E-state index in [2.05, 4.69) is 32.9 Å². The number of hydrogen-bond donors (Lipinski definition) is 2. The molecule has 1 aromatic carbocycles. The molecular weight excluding hydrogens is 943 g/mol. The molecule has 2 amide bonds. The van der Waals surface area contributed by atoms with Crippen molar-refractivity contribution < 1.29 is 76.8 Å². The molecule has 20 atom stereocenters. The number of benzene rings is 1. The molecule has 9 rings (SSSR count). The van der Waals surface area contributed by atoms with E-state index in [4.69, 9.17) is 52.2 Å². The Labute approximate surface area is 428 Å². The quantitative estimate of drug-likeness (QED) is 0.144. The third-order valence-electron chi connectivity index (χ3n) is 16.5. The molecule has 4 fully saturated rings. The molecule has 1 aliphatic carbocycles. The molecule has 7 aliphatic heterocycles. The molecule has 7 heterocycles. The second-order valence-electron chi connectivity index (χ2n) is 21.5. The van der Waals surface area contributed by atoms with Gasteiger partial charge in [-0.1, -0.05) is 82.7 Å². The van der Waals surface area contributed by atoms with Crippen LogP contribution in [0.4, 0.5) is 0 Å². The predicted molar refractivity (Wildman–Crippen MR) is 263 cm³/mol. The van der Waals surface area contributed by atoms with E-state index in [0.717, 1.165) is 17.1 Å². The summed E-state index contributed by atoms with van der Waals surface area (Å²) in [5.41, 5.74) is 0.582. The van der Waals surface area contributed by atoms with Crippen LogP contribution in [0.25, 0.3) is 0 Å². The Morgan fingerprint density at radius 1 is 0.836 bits per heavy atom. The van der Waals surface area contributed by atoms with Crippen LogP contribution in [0.1, 0.15) is 115 Å². The Morgan fingerprint density at radius 3 is 2.16 bits per heavy atom. The molecule has 0 aromatic heterocycles. The van der Waals surface area contributed by atoms with Crippen LogP contribution in [0.3, 0.4) is 0 Å². The van der Waals surface area contributed by atoms with E-state index in [9.17, 15) is 24.6 Å². The number of aliphatic hydroxyl groups excluding tert-OH is 1. The van der Waals surface area contributed by atoms with Crippen LogP contribution in [0, 0.1) is 23.7 Å². The van der Waals surface area contributed by atoms with Crippen LogP contribution in [-0.2, 0) is 57.0 Å². The summed E-state index contributed by atoms with van der Waals surface area (Å²) in [6.45, 7) is 16.0. The van der Waals surface area contributed by atoms with Crippen LogP contribution in [-0.4, -0.2) is 151 Å². The van der Waals surface area contributed by atoms with E-state index < -0.39 is 115 Å². The summed E-state index contributed by atoms with van der Waals surface area (Å²) in [6.07, 6.45) is 7.08. The number of ether oxygens (including phenoxy) is 10. The third-order valence-corrected chi connectivity index (χ3v) is 16.5. The average Bonchev–Trinajstić information content (AvgIpc) is 3.83. The van der Waals surface area contributed by atoms with Gasteiger partial charge in [-0.05, 0) is 75.0 Å². The Bertz CT molecular complexity index is 2330. The lowest BCUT2D eigenvalue weighted by atomic mass is 9.71. The van der Waals surface area contributed by atoms with Gasteiger partial charge in [-0.2, -0.15) is 0 Å². The molecular formula is C56H75NO16. The standard InChI is InChI=1S/C56H75NO16/c1-11-29(2)48-32(5)21-22-55(72-48)27-38-24-37(71-55)20-19-31(4)47(30(3)15-14-16-36-28-65-51-46(58)33(6)23-41(54(61)68-38)56(36,51)62)69-44-25-42(63-9)49(34(7)66-44)70-45-26-43(64-10)50(35(8)67-45)73-57-52(59)39-17-12-13-18-40(39)53(57)60/h12-19,21-23,29-30,32,34-35,37-38,41-51,58,62H,11,20,24-28H2,1-10H3/t29-,30+,32+,34+,35+,37-,38+,41+,42+,43+,44+,45+,46-,47+,48-,49+,50+,51-,55-,56-/m1/s1. The van der Waals surface area contributed by atoms with E-state index >= 15 is 0 Å². The number of carbonyl (C=O) groups is 3. The smallest absolute Gasteiger partial charge is 0.316 e. The van der Waals surface area contributed by atoms with E-state index in [1.165, 1.54) is 7.11 Å². The number of nitrogens with zero attached hydrogens (tertiary/aromatic N) is 1. The van der Waals surface area contributed by atoms with Crippen molar-refractivity contribution in [2.45, 2.75) is 191 Å². The topological polar surface area (TPSA) is 196 Å². The molecule has 0 unspecified atom stereocenters. The van der Waals surface area contributed by atoms with E-state index in [1.54, 1.807) is 57.4 Å². The highest BCUT2D eigenvalue weighted by Crippen LogP contribution is 2.47. The van der Waals surface area contributed by atoms with Gasteiger partial charge in [-0.15, -0.1) is 5.06 Å². The molecule has 0 saturated carbocycles. The first-order chi connectivity index (χ1) is 34.9. The number of aliphatic hydroxyl groups is 2. The van der Waals surface area contributed by atoms with Gasteiger partial charge in [-0.3, -0.25) is 19.2 Å². The number of hydroxylamine groups is 2. The Morgan fingerprint density at radius 2 is 1.49 bits per heavy atom. The van der Waals surface area contributed by atoms with Gasteiger partial charge in [0.1, 0.15) is 42.0 Å². The molecule has 17 heteroatoms. The van der Waals surface area contributed by atoms with Crippen molar-refractivity contribution in [1.82, 2.24) is 5.06 Å². The summed E-state index contributed by atoms with van der Waals surface area (Å²) in [7, 11) is 3.16. The van der Waals surface area contributed by atoms with Crippen molar-refractivity contribution in [3.05, 3.63) is 94.6 Å². The highest BCUT2D eigenvalue weighted by Gasteiger charge is 2.60. The lowest BCUT2D eigenvalue weighted by Gasteiger charge is -2.48. The molecule has 0 radical (unpaired) electrons. The Hall–Kier alpha value is -3.95. The monoisotopic (exact) mass is 1020 g/mol. The minimum Gasteiger partial charge on any atom is -0.462 e. The Balaban J connectivity index is 0.938. The molecule has 2 N–H and O–H groups in total. The van der Waals surface area contributed by atoms with Gasteiger partial charge in [0.05, 0.1) is 60.5 Å². The maximum atomic E-state index is 14.4. The first kappa shape index (κ1) is 53.9. The summed E-state index contributed by atoms with van der Waals surface area (Å²) in [5.74, 6) is -3.81. The minimum absolute atomic E-state index is 0.00753. The number of allylic oxidation sites excluding steroid dienone is 2. The van der Waals surface area contributed by atoms with Crippen LogP contribution in [0.2, 0.25) is 0 Å². The van der Waals surface area contributed by atoms with Crippen LogP contribution < -0.4 is 0 Å². The second kappa shape index (κ2) is 22.0. The lowest BCUT2D eigenvalue weighted by molar-refractivity contribution is -0.329. The van der Waals surface area contributed by atoms with E-state index in [0.29, 0.717) is 30.4 Å². The molecule has 17 nitrogen and oxygen atoms in total. The highest BCUT2D eigenvalue weighted by molar-refractivity contribution is 6.20. The fraction of sp³-hybridized carbons (Fsp3) is 0.661. The Kier molecular flexibility index (Phi) is 16.2. The first-order valence-corrected chi connectivity index (χ1v) is 26.2. The number of rotatable bonds is 10. The third kappa shape index (κ3) is 10.5. The summed E-state index contributed by atoms with van der Waals surface area (Å²) < 4.78 is 64.8. The summed E-state index contributed by atoms with van der Waals surface area (Å²) >= 11 is 0. The predicted octanol–water partition coefficient (Wildman–Crippen LogP) is 6.61. The van der Waals surface area contributed by atoms with Gasteiger partial charge in [0.2, 0.25) is 0 Å². The van der Waals surface area contributed by atoms with Crippen molar-refractivity contribution in [3.63, 3.8) is 0 Å². The van der Waals surface area contributed by atoms with Crippen LogP contribution in [0.5, 0.6) is 0 Å². The fourth-order valence-corrected chi connectivity index (χ4v) is 12.1. The average molecular weight is 1020 g/mol. The van der Waals surface area contributed by atoms with Gasteiger partial charge in [0.15, 0.2) is 18.4 Å². The van der Waals surface area contributed by atoms with E-state index in [-0.39, 0.29) is 54.4 Å². The number of hydrogen-bond acceptors (Lipinski definition) is 16. The SMILES string of the molecule is CC[C@@H](C)[C@H]1O[C@]2(C=C[C@@H]1C)C[C@@H]1C[C@@H](CC=C(C)[C@@H](O[C@H]3C[C@H](OC)[C@@H](O[C@H]4C[C@H](OC)[C@@H](ON5C(=O)c6ccccc6C5=O)[C@H](C)O4)[C@H](C)O3)[C@@H](C)C=CC=C3CO[C@@H]4[C@H](O)C(C)=C[C@@H](C(=O)O1)[C@]34O)O2. The van der Waals surface area contributed by atoms with Crippen molar-refractivity contribution in [2.24, 2.45) is 23.7 Å². The van der Waals surface area contributed by atoms with Gasteiger partial charge in [0, 0.05) is 51.7 Å². The molecule has 4 saturated heterocycles. The molecule has 8 aliphatic rings. The summed E-state index contributed by atoms with van der Waals surface area (Å²) in [4.78, 5) is 46.8. The molecule has 400 valence electrons. The zero-order chi connectivity index (χ0) is 52.1. The molecule has 1 aromatic rings. The molecule has 2 bridgehead atoms. The van der Waals surface area contributed by atoms with Crippen molar-refractivity contribution in [3.8, 4) is 0 Å². The number of fused-ring (bicyclic) bond motifs is 3. The number of methoxy groups -OCH3 is 2. The summed E-state index contributed by atoms with van der Waals surface area (Å²) in [5, 5.41) is 24.7. The second-order valence-corrected chi connectivity index (χ2v) is 21.5. The lowest BCUT2D eigenvalue weighted by Crippen LogP contribution is -2.58. The zero-order valence-corrected chi connectivity index (χ0v) is 43.8.